The van der Waals surface area contributed by atoms with E-state index in [0.29, 0.717) is 6.61 Å². The third-order valence-corrected chi connectivity index (χ3v) is 23.3. The van der Waals surface area contributed by atoms with E-state index < -0.39 is 61.6 Å². The van der Waals surface area contributed by atoms with E-state index >= 15 is 0 Å². The van der Waals surface area contributed by atoms with Crippen LogP contribution in [-0.4, -0.2) is 68.7 Å². The number of rotatable bonds is 10. The van der Waals surface area contributed by atoms with Gasteiger partial charge in [-0.3, -0.25) is 0 Å². The van der Waals surface area contributed by atoms with Gasteiger partial charge in [-0.05, 0) is 60.0 Å². The molecule has 0 bridgehead atoms. The van der Waals surface area contributed by atoms with E-state index in [2.05, 4.69) is 102 Å². The molecule has 1 heterocycles. The maximum Gasteiger partial charge on any atom is 0.337 e. The molecule has 0 amide bonds. The lowest BCUT2D eigenvalue weighted by Gasteiger charge is -2.53. The Labute approximate surface area is 259 Å². The van der Waals surface area contributed by atoms with Crippen LogP contribution >= 0.6 is 0 Å². The van der Waals surface area contributed by atoms with Gasteiger partial charge >= 0.3 is 5.97 Å². The van der Waals surface area contributed by atoms with E-state index in [9.17, 15) is 4.79 Å². The summed E-state index contributed by atoms with van der Waals surface area (Å²) in [6, 6.07) is 9.96. The van der Waals surface area contributed by atoms with Crippen LogP contribution < -0.4 is 0 Å². The lowest BCUT2D eigenvalue weighted by Crippen LogP contribution is -2.69. The molecule has 0 radical (unpaired) electrons. The first-order valence-corrected chi connectivity index (χ1v) is 24.0. The lowest BCUT2D eigenvalue weighted by molar-refractivity contribution is -0.289. The Hall–Kier alpha value is -0.859. The smallest absolute Gasteiger partial charge is 0.337 e. The summed E-state index contributed by atoms with van der Waals surface area (Å²) in [4.78, 5) is 13.4. The molecule has 7 nitrogen and oxygen atoms in total. The molecule has 1 aromatic carbocycles. The van der Waals surface area contributed by atoms with Gasteiger partial charge in [-0.15, -0.1) is 0 Å². The van der Waals surface area contributed by atoms with Gasteiger partial charge in [0.15, 0.2) is 37.3 Å². The van der Waals surface area contributed by atoms with E-state index in [1.807, 2.05) is 30.3 Å². The Bertz CT molecular complexity index is 1020. The predicted octanol–water partition coefficient (Wildman–Crippen LogP) is 8.27. The second-order valence-corrected chi connectivity index (χ2v) is 30.5. The summed E-state index contributed by atoms with van der Waals surface area (Å²) in [6.45, 7) is 33.4. The fraction of sp³-hybridized carbons (Fsp3) is 0.781. The van der Waals surface area contributed by atoms with Crippen molar-refractivity contribution in [2.45, 2.75) is 154 Å². The number of benzene rings is 1. The van der Waals surface area contributed by atoms with Gasteiger partial charge in [0, 0.05) is 0 Å². The minimum absolute atomic E-state index is 0.0759. The van der Waals surface area contributed by atoms with Crippen LogP contribution in [0.15, 0.2) is 30.3 Å². The first kappa shape index (κ1) is 37.3. The lowest BCUT2D eigenvalue weighted by atomic mass is 9.99. The second-order valence-electron chi connectivity index (χ2n) is 16.3. The van der Waals surface area contributed by atoms with Gasteiger partial charge in [-0.2, -0.15) is 0 Å². The monoisotopic (exact) mass is 640 g/mol. The Morgan fingerprint density at radius 1 is 0.690 bits per heavy atom. The van der Waals surface area contributed by atoms with Crippen molar-refractivity contribution in [3.63, 3.8) is 0 Å². The number of hydrogen-bond acceptors (Lipinski definition) is 7. The van der Waals surface area contributed by atoms with Gasteiger partial charge in [0.05, 0.1) is 13.7 Å². The average Bonchev–Trinajstić information content (AvgIpc) is 2.83. The number of ether oxygens (including phenoxy) is 3. The molecule has 1 fully saturated rings. The van der Waals surface area contributed by atoms with Crippen LogP contribution in [0.25, 0.3) is 0 Å². The van der Waals surface area contributed by atoms with Gasteiger partial charge in [0.25, 0.3) is 0 Å². The molecule has 0 aliphatic carbocycles. The van der Waals surface area contributed by atoms with Crippen molar-refractivity contribution in [2.24, 2.45) is 0 Å². The van der Waals surface area contributed by atoms with Crippen molar-refractivity contribution >= 4 is 30.9 Å². The second kappa shape index (κ2) is 13.2. The van der Waals surface area contributed by atoms with E-state index in [0.717, 1.165) is 5.56 Å². The molecule has 1 aromatic rings. The minimum Gasteiger partial charge on any atom is -0.467 e. The van der Waals surface area contributed by atoms with E-state index in [-0.39, 0.29) is 15.1 Å². The summed E-state index contributed by atoms with van der Waals surface area (Å²) in [5.74, 6) is -0.498. The molecule has 0 spiro atoms. The van der Waals surface area contributed by atoms with Gasteiger partial charge < -0.3 is 27.5 Å². The fourth-order valence-corrected chi connectivity index (χ4v) is 7.82. The Kier molecular flexibility index (Phi) is 11.8. The van der Waals surface area contributed by atoms with Crippen LogP contribution in [0.1, 0.15) is 67.9 Å². The Morgan fingerprint density at radius 2 is 1.10 bits per heavy atom. The van der Waals surface area contributed by atoms with Crippen LogP contribution in [0.5, 0.6) is 0 Å². The third-order valence-electron chi connectivity index (χ3n) is 9.90. The SMILES string of the molecule is COC(=O)[C@H]1O[C@@H](OCc2ccccc2)[C@H](O[Si](C)(C)C(C)(C)C)[C@@H](O[Si](C)(C)C(C)(C)C)[C@@H]1O[Si](C)(C)C(C)(C)C. The number of esters is 1. The Balaban J connectivity index is 2.76. The molecule has 0 N–H and O–H groups in total. The quantitative estimate of drug-likeness (QED) is 0.188. The molecule has 0 saturated carbocycles. The number of methoxy groups -OCH3 is 1. The van der Waals surface area contributed by atoms with Crippen molar-refractivity contribution < 1.29 is 32.3 Å². The van der Waals surface area contributed by atoms with E-state index in [1.54, 1.807) is 0 Å². The summed E-state index contributed by atoms with van der Waals surface area (Å²) < 4.78 is 39.9. The van der Waals surface area contributed by atoms with Crippen molar-refractivity contribution in [3.8, 4) is 0 Å². The van der Waals surface area contributed by atoms with Crippen molar-refractivity contribution in [1.82, 2.24) is 0 Å². The maximum absolute atomic E-state index is 13.4. The normalized spacial score (nSPS) is 24.9. The highest BCUT2D eigenvalue weighted by Gasteiger charge is 2.58. The van der Waals surface area contributed by atoms with E-state index in [1.165, 1.54) is 7.11 Å². The van der Waals surface area contributed by atoms with Crippen LogP contribution in [0.3, 0.4) is 0 Å². The topological polar surface area (TPSA) is 72.5 Å². The zero-order valence-electron chi connectivity index (χ0n) is 29.3. The first-order chi connectivity index (χ1) is 18.8. The molecule has 42 heavy (non-hydrogen) atoms. The Morgan fingerprint density at radius 3 is 1.50 bits per heavy atom. The summed E-state index contributed by atoms with van der Waals surface area (Å²) in [7, 11) is -5.80. The highest BCUT2D eigenvalue weighted by atomic mass is 28.4. The van der Waals surface area contributed by atoms with Gasteiger partial charge in [0.1, 0.15) is 18.3 Å². The van der Waals surface area contributed by atoms with Crippen LogP contribution in [0, 0.1) is 0 Å². The van der Waals surface area contributed by atoms with Crippen LogP contribution in [-0.2, 0) is 38.9 Å². The number of carbonyl (C=O) groups excluding carboxylic acids is 1. The molecule has 2 rings (SSSR count). The highest BCUT2D eigenvalue weighted by molar-refractivity contribution is 6.75. The summed E-state index contributed by atoms with van der Waals surface area (Å²) in [6.07, 6.45) is -3.83. The fourth-order valence-electron chi connectivity index (χ4n) is 3.94. The molecule has 5 atom stereocenters. The van der Waals surface area contributed by atoms with Crippen LogP contribution in [0.2, 0.25) is 54.4 Å². The van der Waals surface area contributed by atoms with E-state index in [4.69, 9.17) is 27.5 Å². The molecule has 242 valence electrons. The number of carbonyl (C=O) groups is 1. The summed E-state index contributed by atoms with van der Waals surface area (Å²) >= 11 is 0. The molecule has 10 heteroatoms. The molecule has 0 aromatic heterocycles. The maximum atomic E-state index is 13.4. The minimum atomic E-state index is -2.41. The molecule has 0 unspecified atom stereocenters. The molecular formula is C32H60O7Si3. The standard InChI is InChI=1S/C32H60O7Si3/c1-30(2,3)40(11,12)37-24-25(38-41(13,14)31(4,5)6)27(39-42(15,16)32(7,8)9)29(36-26(24)28(33)34-10)35-22-23-20-18-17-19-21-23/h17-21,24-27,29H,22H2,1-16H3/t24-,25-,26-,27+,29+/m0/s1. The summed E-state index contributed by atoms with van der Waals surface area (Å²) in [5, 5.41) is -0.269. The predicted molar refractivity (Wildman–Crippen MR) is 178 cm³/mol. The van der Waals surface area contributed by atoms with Crippen molar-refractivity contribution in [2.75, 3.05) is 7.11 Å². The zero-order chi connectivity index (χ0) is 32.5. The van der Waals surface area contributed by atoms with Gasteiger partial charge in [-0.25, -0.2) is 4.79 Å². The molecule has 1 aliphatic rings. The van der Waals surface area contributed by atoms with Gasteiger partial charge in [-0.1, -0.05) is 92.6 Å². The molecule has 1 aliphatic heterocycles. The number of hydrogen-bond donors (Lipinski definition) is 0. The molecular weight excluding hydrogens is 581 g/mol. The highest BCUT2D eigenvalue weighted by Crippen LogP contribution is 2.46. The zero-order valence-corrected chi connectivity index (χ0v) is 32.3. The molecule has 1 saturated heterocycles. The van der Waals surface area contributed by atoms with Crippen molar-refractivity contribution in [1.29, 1.82) is 0 Å². The first-order valence-electron chi connectivity index (χ1n) is 15.3. The van der Waals surface area contributed by atoms with Crippen molar-refractivity contribution in [3.05, 3.63) is 35.9 Å². The van der Waals surface area contributed by atoms with Gasteiger partial charge in [0.2, 0.25) is 0 Å². The summed E-state index contributed by atoms with van der Waals surface area (Å²) in [5.41, 5.74) is 1.00. The van der Waals surface area contributed by atoms with Crippen LogP contribution in [0.4, 0.5) is 0 Å². The largest absolute Gasteiger partial charge is 0.467 e. The third kappa shape index (κ3) is 8.87. The average molecular weight is 641 g/mol.